The van der Waals surface area contributed by atoms with Crippen molar-refractivity contribution < 1.29 is 33.3 Å². The Bertz CT molecular complexity index is 1240. The maximum Gasteiger partial charge on any atom is 0.344 e. The molecule has 0 aliphatic heterocycles. The molecule has 0 aliphatic carbocycles. The van der Waals surface area contributed by atoms with E-state index in [0.717, 1.165) is 0 Å². The van der Waals surface area contributed by atoms with E-state index in [0.29, 0.717) is 44.4 Å². The minimum absolute atomic E-state index is 0.106. The van der Waals surface area contributed by atoms with Gasteiger partial charge in [-0.3, -0.25) is 9.59 Å². The maximum absolute atomic E-state index is 13.0. The predicted octanol–water partition coefficient (Wildman–Crippen LogP) is 5.39. The van der Waals surface area contributed by atoms with Crippen LogP contribution in [0.15, 0.2) is 35.4 Å². The summed E-state index contributed by atoms with van der Waals surface area (Å²) in [6.07, 6.45) is 0.893. The average molecular weight is 722 g/mol. The van der Waals surface area contributed by atoms with Crippen LogP contribution in [0.5, 0.6) is 17.2 Å². The molecule has 0 fully saturated rings. The number of rotatable bonds is 15. The maximum atomic E-state index is 13.0. The molecule has 2 rings (SSSR count). The zero-order chi connectivity index (χ0) is 30.5. The van der Waals surface area contributed by atoms with E-state index in [4.69, 9.17) is 42.1 Å². The molecule has 0 heterocycles. The van der Waals surface area contributed by atoms with E-state index < -0.39 is 29.9 Å². The Morgan fingerprint density at radius 2 is 1.73 bits per heavy atom. The third-order valence-corrected chi connectivity index (χ3v) is 6.60. The van der Waals surface area contributed by atoms with Gasteiger partial charge in [-0.05, 0) is 91.6 Å². The highest BCUT2D eigenvalue weighted by atomic mass is 127. The fourth-order valence-electron chi connectivity index (χ4n) is 3.45. The second kappa shape index (κ2) is 17.2. The highest BCUT2D eigenvalue weighted by molar-refractivity contribution is 14.1. The summed E-state index contributed by atoms with van der Waals surface area (Å²) >= 11 is 14.1. The number of amides is 2. The third-order valence-electron chi connectivity index (χ3n) is 5.27. The summed E-state index contributed by atoms with van der Waals surface area (Å²) in [6, 6.07) is 7.26. The van der Waals surface area contributed by atoms with Crippen LogP contribution >= 0.6 is 45.8 Å². The van der Waals surface area contributed by atoms with E-state index in [1.807, 2.05) is 20.8 Å². The molecule has 0 aliphatic rings. The first-order chi connectivity index (χ1) is 19.4. The number of esters is 1. The molecule has 13 heteroatoms. The Morgan fingerprint density at radius 3 is 2.37 bits per heavy atom. The van der Waals surface area contributed by atoms with Crippen LogP contribution in [0.2, 0.25) is 10.0 Å². The van der Waals surface area contributed by atoms with E-state index in [2.05, 4.69) is 38.4 Å². The van der Waals surface area contributed by atoms with Gasteiger partial charge in [-0.25, -0.2) is 10.2 Å². The van der Waals surface area contributed by atoms with Crippen molar-refractivity contribution in [3.05, 3.63) is 49.5 Å². The Balaban J connectivity index is 2.09. The van der Waals surface area contributed by atoms with Gasteiger partial charge in [0.15, 0.2) is 24.2 Å². The lowest BCUT2D eigenvalue weighted by molar-refractivity contribution is -0.145. The number of benzene rings is 2. The molecule has 0 radical (unpaired) electrons. The predicted molar refractivity (Wildman–Crippen MR) is 166 cm³/mol. The standard InChI is InChI=1S/C28H34Cl2IN3O7/c1-6-38-24-12-18(11-21(31)26(24)40-15-25(35)39-7-2)14-32-34-28(37)22(10-16(3)4)33-27(36)17(5)41-23-9-8-19(29)13-20(23)30/h8-9,11-14,16-17,22H,6-7,10,15H2,1-5H3,(H,33,36)(H,34,37)/b32-14-/t17-,22-/m1/s1. The van der Waals surface area contributed by atoms with Crippen LogP contribution in [0.4, 0.5) is 0 Å². The summed E-state index contributed by atoms with van der Waals surface area (Å²) < 4.78 is 22.5. The smallest absolute Gasteiger partial charge is 0.344 e. The second-order valence-electron chi connectivity index (χ2n) is 9.12. The van der Waals surface area contributed by atoms with Gasteiger partial charge < -0.3 is 24.3 Å². The minimum atomic E-state index is -0.928. The molecule has 0 aromatic heterocycles. The molecule has 41 heavy (non-hydrogen) atoms. The van der Waals surface area contributed by atoms with E-state index in [9.17, 15) is 14.4 Å². The van der Waals surface area contributed by atoms with Crippen molar-refractivity contribution in [2.75, 3.05) is 19.8 Å². The van der Waals surface area contributed by atoms with E-state index in [-0.39, 0.29) is 24.2 Å². The van der Waals surface area contributed by atoms with Crippen molar-refractivity contribution in [1.82, 2.24) is 10.7 Å². The molecular weight excluding hydrogens is 688 g/mol. The zero-order valence-electron chi connectivity index (χ0n) is 23.5. The number of halogens is 3. The highest BCUT2D eigenvalue weighted by Gasteiger charge is 2.25. The monoisotopic (exact) mass is 721 g/mol. The zero-order valence-corrected chi connectivity index (χ0v) is 27.1. The van der Waals surface area contributed by atoms with Gasteiger partial charge in [0.2, 0.25) is 0 Å². The molecule has 224 valence electrons. The molecule has 2 atom stereocenters. The normalized spacial score (nSPS) is 12.5. The molecule has 0 spiro atoms. The van der Waals surface area contributed by atoms with Gasteiger partial charge in [0.1, 0.15) is 11.8 Å². The van der Waals surface area contributed by atoms with Crippen LogP contribution in [-0.2, 0) is 19.1 Å². The van der Waals surface area contributed by atoms with Crippen molar-refractivity contribution >= 4 is 69.8 Å². The molecule has 2 N–H and O–H groups in total. The number of hydrogen-bond acceptors (Lipinski definition) is 8. The van der Waals surface area contributed by atoms with Gasteiger partial charge in [0.25, 0.3) is 11.8 Å². The van der Waals surface area contributed by atoms with E-state index in [1.165, 1.54) is 12.3 Å². The van der Waals surface area contributed by atoms with Crippen LogP contribution in [0, 0.1) is 9.49 Å². The molecule has 0 saturated heterocycles. The number of nitrogens with one attached hydrogen (secondary N) is 2. The summed E-state index contributed by atoms with van der Waals surface area (Å²) in [5.41, 5.74) is 3.11. The average Bonchev–Trinajstić information content (AvgIpc) is 2.89. The Kier molecular flexibility index (Phi) is 14.5. The Labute approximate surface area is 263 Å². The molecule has 0 bridgehead atoms. The first kappa shape index (κ1) is 34.4. The number of carbonyl (C=O) groups excluding carboxylic acids is 3. The van der Waals surface area contributed by atoms with Gasteiger partial charge >= 0.3 is 5.97 Å². The van der Waals surface area contributed by atoms with E-state index >= 15 is 0 Å². The van der Waals surface area contributed by atoms with Crippen molar-refractivity contribution in [3.8, 4) is 17.2 Å². The highest BCUT2D eigenvalue weighted by Crippen LogP contribution is 2.34. The Morgan fingerprint density at radius 1 is 1.00 bits per heavy atom. The lowest BCUT2D eigenvalue weighted by Gasteiger charge is -2.22. The summed E-state index contributed by atoms with van der Waals surface area (Å²) in [6.45, 7) is 9.33. The number of nitrogens with zero attached hydrogens (tertiary/aromatic N) is 1. The van der Waals surface area contributed by atoms with E-state index in [1.54, 1.807) is 38.1 Å². The molecule has 10 nitrogen and oxygen atoms in total. The largest absolute Gasteiger partial charge is 0.490 e. The SMILES string of the molecule is CCOC(=O)COc1c(I)cc(/C=N\NC(=O)[C@@H](CC(C)C)NC(=O)[C@@H](C)Oc2ccc(Cl)cc2Cl)cc1OCC. The van der Waals surface area contributed by atoms with Gasteiger partial charge in [-0.2, -0.15) is 5.10 Å². The first-order valence-corrected chi connectivity index (χ1v) is 14.8. The molecule has 2 aromatic rings. The van der Waals surface area contributed by atoms with Gasteiger partial charge in [0, 0.05) is 5.02 Å². The third kappa shape index (κ3) is 11.6. The fourth-order valence-corrected chi connectivity index (χ4v) is 4.69. The lowest BCUT2D eigenvalue weighted by Crippen LogP contribution is -2.49. The number of ether oxygens (including phenoxy) is 4. The first-order valence-electron chi connectivity index (χ1n) is 12.9. The van der Waals surface area contributed by atoms with Gasteiger partial charge in [-0.15, -0.1) is 0 Å². The number of hydrogen-bond donors (Lipinski definition) is 2. The summed E-state index contributed by atoms with van der Waals surface area (Å²) in [4.78, 5) is 37.5. The minimum Gasteiger partial charge on any atom is -0.490 e. The molecule has 0 saturated carbocycles. The number of hydrazone groups is 1. The summed E-state index contributed by atoms with van der Waals surface area (Å²) in [5, 5.41) is 7.50. The van der Waals surface area contributed by atoms with Crippen molar-refractivity contribution in [1.29, 1.82) is 0 Å². The quantitative estimate of drug-likeness (QED) is 0.109. The number of carbonyl (C=O) groups is 3. The summed E-state index contributed by atoms with van der Waals surface area (Å²) in [7, 11) is 0. The van der Waals surface area contributed by atoms with Crippen LogP contribution < -0.4 is 25.0 Å². The fraction of sp³-hybridized carbons (Fsp3) is 0.429. The van der Waals surface area contributed by atoms with Crippen LogP contribution in [-0.4, -0.2) is 56.0 Å². The molecule has 2 aromatic carbocycles. The molecule has 2 amide bonds. The Hall–Kier alpha value is -2.77. The van der Waals surface area contributed by atoms with Gasteiger partial charge in [-0.1, -0.05) is 37.0 Å². The molecule has 0 unspecified atom stereocenters. The van der Waals surface area contributed by atoms with Gasteiger partial charge in [0.05, 0.1) is 28.0 Å². The topological polar surface area (TPSA) is 125 Å². The van der Waals surface area contributed by atoms with Crippen molar-refractivity contribution in [2.45, 2.75) is 53.2 Å². The van der Waals surface area contributed by atoms with Crippen LogP contribution in [0.25, 0.3) is 0 Å². The van der Waals surface area contributed by atoms with Crippen molar-refractivity contribution in [3.63, 3.8) is 0 Å². The van der Waals surface area contributed by atoms with Crippen molar-refractivity contribution in [2.24, 2.45) is 11.0 Å². The summed E-state index contributed by atoms with van der Waals surface area (Å²) in [5.74, 6) is -0.254. The second-order valence-corrected chi connectivity index (χ2v) is 11.1. The van der Waals surface area contributed by atoms with Crippen LogP contribution in [0.1, 0.15) is 46.6 Å². The van der Waals surface area contributed by atoms with Crippen LogP contribution in [0.3, 0.4) is 0 Å². The molecular formula is C28H34Cl2IN3O7. The lowest BCUT2D eigenvalue weighted by atomic mass is 10.0.